The highest BCUT2D eigenvalue weighted by molar-refractivity contribution is 5.72. The zero-order chi connectivity index (χ0) is 18.0. The van der Waals surface area contributed by atoms with Crippen LogP contribution in [0.4, 0.5) is 4.79 Å². The Labute approximate surface area is 144 Å². The van der Waals surface area contributed by atoms with Crippen molar-refractivity contribution in [3.63, 3.8) is 0 Å². The molecule has 1 fully saturated rings. The fraction of sp³-hybridized carbons (Fsp3) is 0.667. The fourth-order valence-corrected chi connectivity index (χ4v) is 3.08. The number of allylic oxidation sites excluding steroid dienone is 2. The Morgan fingerprint density at radius 1 is 1.38 bits per heavy atom. The van der Waals surface area contributed by atoms with Gasteiger partial charge in [0.25, 0.3) is 0 Å². The van der Waals surface area contributed by atoms with Gasteiger partial charge in [0.05, 0.1) is 0 Å². The minimum absolute atomic E-state index is 0.443. The number of hydrogen-bond donors (Lipinski definition) is 1. The summed E-state index contributed by atoms with van der Waals surface area (Å²) in [6, 6.07) is 0. The number of cyclic esters (lactones) is 1. The number of amides is 1. The van der Waals surface area contributed by atoms with E-state index in [4.69, 9.17) is 4.74 Å². The van der Waals surface area contributed by atoms with Gasteiger partial charge in [-0.1, -0.05) is 11.6 Å². The lowest BCUT2D eigenvalue weighted by Gasteiger charge is -2.37. The highest BCUT2D eigenvalue weighted by atomic mass is 16.6. The summed E-state index contributed by atoms with van der Waals surface area (Å²) in [4.78, 5) is 17.9. The van der Waals surface area contributed by atoms with E-state index in [1.165, 1.54) is 10.5 Å². The van der Waals surface area contributed by atoms with Crippen molar-refractivity contribution >= 4 is 6.09 Å². The van der Waals surface area contributed by atoms with Crippen molar-refractivity contribution in [1.29, 1.82) is 0 Å². The zero-order valence-corrected chi connectivity index (χ0v) is 15.4. The van der Waals surface area contributed by atoms with Crippen molar-refractivity contribution < 1.29 is 14.6 Å². The minimum Gasteiger partial charge on any atom is -0.438 e. The molecule has 0 spiro atoms. The standard InChI is InChI=1S/C18H29N3O3/c1-14(2)8-6-9-17(4)18(5,23)21(16(22)24-17)12-7-11-20-13-10-19-15(20)3/h8,10,13,23H,6-7,9,11-12H2,1-5H3/t17-,18+/m1/s1. The lowest BCUT2D eigenvalue weighted by molar-refractivity contribution is -0.139. The minimum atomic E-state index is -1.32. The van der Waals surface area contributed by atoms with Crippen molar-refractivity contribution in [2.24, 2.45) is 0 Å². The van der Waals surface area contributed by atoms with Gasteiger partial charge in [-0.05, 0) is 53.9 Å². The van der Waals surface area contributed by atoms with Gasteiger partial charge >= 0.3 is 6.09 Å². The molecule has 0 saturated carbocycles. The normalized spacial score (nSPS) is 26.6. The van der Waals surface area contributed by atoms with Crippen LogP contribution in [0.2, 0.25) is 0 Å². The smallest absolute Gasteiger partial charge is 0.412 e. The molecular formula is C18H29N3O3. The van der Waals surface area contributed by atoms with E-state index in [0.717, 1.165) is 25.2 Å². The summed E-state index contributed by atoms with van der Waals surface area (Å²) >= 11 is 0. The monoisotopic (exact) mass is 335 g/mol. The third-order valence-corrected chi connectivity index (χ3v) is 4.94. The number of aromatic nitrogens is 2. The van der Waals surface area contributed by atoms with Crippen LogP contribution in [0, 0.1) is 6.92 Å². The van der Waals surface area contributed by atoms with E-state index in [0.29, 0.717) is 13.0 Å². The number of nitrogens with zero attached hydrogens (tertiary/aromatic N) is 3. The second kappa shape index (κ2) is 6.97. The van der Waals surface area contributed by atoms with E-state index < -0.39 is 17.4 Å². The van der Waals surface area contributed by atoms with E-state index in [9.17, 15) is 9.90 Å². The number of carbonyl (C=O) groups is 1. The molecule has 1 amide bonds. The second-order valence-corrected chi connectivity index (χ2v) is 7.11. The lowest BCUT2D eigenvalue weighted by atomic mass is 9.88. The summed E-state index contributed by atoms with van der Waals surface area (Å²) in [5.74, 6) is 0.942. The van der Waals surface area contributed by atoms with Crippen molar-refractivity contribution in [1.82, 2.24) is 14.5 Å². The first-order valence-corrected chi connectivity index (χ1v) is 8.51. The molecule has 1 N–H and O–H groups in total. The predicted octanol–water partition coefficient (Wildman–Crippen LogP) is 3.25. The summed E-state index contributed by atoms with van der Waals surface area (Å²) in [7, 11) is 0. The maximum absolute atomic E-state index is 12.3. The van der Waals surface area contributed by atoms with Crippen LogP contribution in [0.15, 0.2) is 24.0 Å². The zero-order valence-electron chi connectivity index (χ0n) is 15.4. The molecule has 0 radical (unpaired) electrons. The average Bonchev–Trinajstić information content (AvgIpc) is 2.93. The van der Waals surface area contributed by atoms with Crippen molar-refractivity contribution in [3.8, 4) is 0 Å². The SMILES string of the molecule is CC(C)=CCC[C@@]1(C)OC(=O)N(CCCn2ccnc2C)[C@@]1(C)O. The van der Waals surface area contributed by atoms with Crippen LogP contribution in [0.3, 0.4) is 0 Å². The van der Waals surface area contributed by atoms with E-state index in [-0.39, 0.29) is 0 Å². The van der Waals surface area contributed by atoms with Gasteiger partial charge in [-0.25, -0.2) is 9.78 Å². The molecule has 0 bridgehead atoms. The molecule has 0 aliphatic carbocycles. The number of ether oxygens (including phenoxy) is 1. The van der Waals surface area contributed by atoms with Crippen LogP contribution in [0.1, 0.15) is 52.8 Å². The molecule has 0 unspecified atom stereocenters. The van der Waals surface area contributed by atoms with E-state index in [1.54, 1.807) is 13.1 Å². The van der Waals surface area contributed by atoms with Gasteiger partial charge in [0.15, 0.2) is 11.3 Å². The Kier molecular flexibility index (Phi) is 5.38. The van der Waals surface area contributed by atoms with Gasteiger partial charge < -0.3 is 14.4 Å². The first-order valence-electron chi connectivity index (χ1n) is 8.51. The first-order chi connectivity index (χ1) is 11.2. The largest absolute Gasteiger partial charge is 0.438 e. The second-order valence-electron chi connectivity index (χ2n) is 7.11. The summed E-state index contributed by atoms with van der Waals surface area (Å²) in [5, 5.41) is 11.0. The van der Waals surface area contributed by atoms with Crippen LogP contribution in [0.25, 0.3) is 0 Å². The summed E-state index contributed by atoms with van der Waals surface area (Å²) in [6.07, 6.45) is 7.42. The van der Waals surface area contributed by atoms with Crippen LogP contribution < -0.4 is 0 Å². The Hall–Kier alpha value is -1.82. The van der Waals surface area contributed by atoms with Crippen LogP contribution in [-0.4, -0.2) is 43.5 Å². The van der Waals surface area contributed by atoms with Gasteiger partial charge in [0, 0.05) is 25.5 Å². The fourth-order valence-electron chi connectivity index (χ4n) is 3.08. The maximum Gasteiger partial charge on any atom is 0.412 e. The molecular weight excluding hydrogens is 306 g/mol. The summed E-state index contributed by atoms with van der Waals surface area (Å²) < 4.78 is 7.59. The Morgan fingerprint density at radius 2 is 2.08 bits per heavy atom. The quantitative estimate of drug-likeness (QED) is 0.777. The number of aliphatic hydroxyl groups is 1. The van der Waals surface area contributed by atoms with Gasteiger partial charge in [0.1, 0.15) is 5.82 Å². The Morgan fingerprint density at radius 3 is 2.67 bits per heavy atom. The van der Waals surface area contributed by atoms with E-state index in [2.05, 4.69) is 11.1 Å². The summed E-state index contributed by atoms with van der Waals surface area (Å²) in [5.41, 5.74) is -1.00. The number of imidazole rings is 1. The van der Waals surface area contributed by atoms with Gasteiger partial charge in [0.2, 0.25) is 0 Å². The molecule has 2 rings (SSSR count). The number of hydrogen-bond acceptors (Lipinski definition) is 4. The molecule has 1 aromatic rings. The molecule has 2 atom stereocenters. The van der Waals surface area contributed by atoms with Crippen molar-refractivity contribution in [3.05, 3.63) is 29.9 Å². The first kappa shape index (κ1) is 18.5. The van der Waals surface area contributed by atoms with E-state index >= 15 is 0 Å². The van der Waals surface area contributed by atoms with Crippen LogP contribution >= 0.6 is 0 Å². The average molecular weight is 335 g/mol. The molecule has 24 heavy (non-hydrogen) atoms. The van der Waals surface area contributed by atoms with Crippen molar-refractivity contribution in [2.45, 2.75) is 71.8 Å². The molecule has 1 aromatic heterocycles. The van der Waals surface area contributed by atoms with Gasteiger partial charge in [-0.15, -0.1) is 0 Å². The number of rotatable bonds is 7. The number of carbonyl (C=O) groups excluding carboxylic acids is 1. The lowest BCUT2D eigenvalue weighted by Crippen LogP contribution is -2.55. The molecule has 6 nitrogen and oxygen atoms in total. The molecule has 1 aliphatic rings. The molecule has 1 saturated heterocycles. The number of aryl methyl sites for hydroxylation is 2. The van der Waals surface area contributed by atoms with E-state index in [1.807, 2.05) is 38.5 Å². The highest BCUT2D eigenvalue weighted by Gasteiger charge is 2.58. The van der Waals surface area contributed by atoms with Crippen LogP contribution in [0.5, 0.6) is 0 Å². The third-order valence-electron chi connectivity index (χ3n) is 4.94. The highest BCUT2D eigenvalue weighted by Crippen LogP contribution is 2.40. The molecule has 134 valence electrons. The molecule has 0 aromatic carbocycles. The molecule has 2 heterocycles. The Bertz CT molecular complexity index is 617. The topological polar surface area (TPSA) is 67.6 Å². The van der Waals surface area contributed by atoms with Crippen LogP contribution in [-0.2, 0) is 11.3 Å². The molecule has 1 aliphatic heterocycles. The summed E-state index contributed by atoms with van der Waals surface area (Å²) in [6.45, 7) is 10.7. The maximum atomic E-state index is 12.3. The third kappa shape index (κ3) is 3.64. The van der Waals surface area contributed by atoms with Gasteiger partial charge in [-0.3, -0.25) is 4.90 Å². The Balaban J connectivity index is 1.98. The van der Waals surface area contributed by atoms with Crippen molar-refractivity contribution in [2.75, 3.05) is 6.54 Å². The van der Waals surface area contributed by atoms with Gasteiger partial charge in [-0.2, -0.15) is 0 Å². The predicted molar refractivity (Wildman–Crippen MR) is 92.5 cm³/mol. The molecule has 6 heteroatoms.